The highest BCUT2D eigenvalue weighted by atomic mass is 79.9. The molecule has 24 heavy (non-hydrogen) atoms. The summed E-state index contributed by atoms with van der Waals surface area (Å²) in [5.41, 5.74) is 3.15. The molecule has 2 bridgehead atoms. The first-order valence-corrected chi connectivity index (χ1v) is 8.67. The van der Waals surface area contributed by atoms with Gasteiger partial charge in [-0.2, -0.15) is 0 Å². The number of nitrogens with one attached hydrogen (secondary N) is 1. The van der Waals surface area contributed by atoms with Crippen molar-refractivity contribution in [1.82, 2.24) is 0 Å². The zero-order valence-corrected chi connectivity index (χ0v) is 15.4. The Bertz CT molecular complexity index is 677. The van der Waals surface area contributed by atoms with Crippen molar-refractivity contribution >= 4 is 33.6 Å². The van der Waals surface area contributed by atoms with Crippen molar-refractivity contribution in [2.24, 2.45) is 0 Å². The van der Waals surface area contributed by atoms with Crippen LogP contribution in [0.2, 0.25) is 0 Å². The van der Waals surface area contributed by atoms with E-state index in [2.05, 4.69) is 27.3 Å². The summed E-state index contributed by atoms with van der Waals surface area (Å²) >= 11 is 3.58. The van der Waals surface area contributed by atoms with Crippen LogP contribution in [0.1, 0.15) is 37.5 Å². The normalized spacial score (nSPS) is 27.7. The molecule has 4 atom stereocenters. The Morgan fingerprint density at radius 1 is 1.33 bits per heavy atom. The van der Waals surface area contributed by atoms with E-state index in [1.54, 1.807) is 0 Å². The second-order valence-corrected chi connectivity index (χ2v) is 7.09. The summed E-state index contributed by atoms with van der Waals surface area (Å²) in [7, 11) is 0. The zero-order valence-electron chi connectivity index (χ0n) is 13.8. The number of fused-ring (bicyclic) bond motifs is 4. The van der Waals surface area contributed by atoms with Crippen LogP contribution in [0, 0.1) is 6.92 Å². The molecule has 2 aliphatic heterocycles. The van der Waals surface area contributed by atoms with Gasteiger partial charge in [-0.25, -0.2) is 0 Å². The molecule has 0 saturated carbocycles. The largest absolute Gasteiger partial charge is 0.463 e. The number of benzene rings is 1. The van der Waals surface area contributed by atoms with Gasteiger partial charge < -0.3 is 19.5 Å². The van der Waals surface area contributed by atoms with Crippen LogP contribution in [0.5, 0.6) is 0 Å². The topological polar surface area (TPSA) is 73.9 Å². The van der Waals surface area contributed by atoms with Crippen molar-refractivity contribution in [3.05, 3.63) is 27.7 Å². The van der Waals surface area contributed by atoms with E-state index in [1.165, 1.54) is 13.8 Å². The summed E-state index contributed by atoms with van der Waals surface area (Å²) in [6, 6.07) is 4.02. The third-order valence-electron chi connectivity index (χ3n) is 4.26. The Morgan fingerprint density at radius 2 is 2.08 bits per heavy atom. The Kier molecular flexibility index (Phi) is 4.83. The highest BCUT2D eigenvalue weighted by Crippen LogP contribution is 2.45. The van der Waals surface area contributed by atoms with Crippen LogP contribution in [-0.4, -0.2) is 36.8 Å². The van der Waals surface area contributed by atoms with E-state index < -0.39 is 12.2 Å². The van der Waals surface area contributed by atoms with Gasteiger partial charge in [0.05, 0.1) is 17.8 Å². The lowest BCUT2D eigenvalue weighted by molar-refractivity contribution is -0.185. The molecule has 2 heterocycles. The molecule has 0 amide bonds. The molecule has 0 radical (unpaired) electrons. The lowest BCUT2D eigenvalue weighted by Crippen LogP contribution is -2.55. The first kappa shape index (κ1) is 17.2. The molecule has 0 unspecified atom stereocenters. The number of aryl methyl sites for hydroxylation is 1. The summed E-state index contributed by atoms with van der Waals surface area (Å²) in [5, 5.41) is 3.45. The molecule has 6 nitrogen and oxygen atoms in total. The number of anilines is 1. The molecular weight excluding hydrogens is 378 g/mol. The van der Waals surface area contributed by atoms with Crippen LogP contribution >= 0.6 is 15.9 Å². The fourth-order valence-electron chi connectivity index (χ4n) is 3.35. The molecule has 1 N–H and O–H groups in total. The Morgan fingerprint density at radius 3 is 2.75 bits per heavy atom. The molecule has 0 spiro atoms. The maximum absolute atomic E-state index is 11.5. The predicted octanol–water partition coefficient (Wildman–Crippen LogP) is 2.88. The molecule has 1 aromatic carbocycles. The minimum absolute atomic E-state index is 0.0598. The van der Waals surface area contributed by atoms with Crippen LogP contribution in [0.25, 0.3) is 0 Å². The molecule has 2 aliphatic rings. The summed E-state index contributed by atoms with van der Waals surface area (Å²) in [5.74, 6) is -0.770. The summed E-state index contributed by atoms with van der Waals surface area (Å²) in [6.07, 6.45) is -0.451. The quantitative estimate of drug-likeness (QED) is 0.790. The van der Waals surface area contributed by atoms with Gasteiger partial charge in [0.2, 0.25) is 0 Å². The van der Waals surface area contributed by atoms with Crippen molar-refractivity contribution in [2.45, 2.75) is 51.5 Å². The summed E-state index contributed by atoms with van der Waals surface area (Å²) in [4.78, 5) is 22.6. The van der Waals surface area contributed by atoms with Gasteiger partial charge in [-0.1, -0.05) is 6.07 Å². The lowest BCUT2D eigenvalue weighted by Gasteiger charge is -2.45. The van der Waals surface area contributed by atoms with E-state index in [1.807, 2.05) is 13.0 Å². The molecule has 1 fully saturated rings. The van der Waals surface area contributed by atoms with Crippen molar-refractivity contribution in [1.29, 1.82) is 0 Å². The predicted molar refractivity (Wildman–Crippen MR) is 90.7 cm³/mol. The van der Waals surface area contributed by atoms with Gasteiger partial charge in [-0.3, -0.25) is 9.59 Å². The number of carbonyl (C=O) groups excluding carboxylic acids is 2. The van der Waals surface area contributed by atoms with E-state index in [-0.39, 0.29) is 30.7 Å². The minimum Gasteiger partial charge on any atom is -0.463 e. The third kappa shape index (κ3) is 3.42. The molecule has 7 heteroatoms. The molecule has 1 saturated heterocycles. The second kappa shape index (κ2) is 6.72. The molecular formula is C17H20BrNO5. The first-order valence-electron chi connectivity index (χ1n) is 7.87. The smallest absolute Gasteiger partial charge is 0.303 e. The van der Waals surface area contributed by atoms with Crippen molar-refractivity contribution < 1.29 is 23.8 Å². The van der Waals surface area contributed by atoms with Crippen LogP contribution in [0.3, 0.4) is 0 Å². The van der Waals surface area contributed by atoms with Gasteiger partial charge in [0, 0.05) is 30.3 Å². The third-order valence-corrected chi connectivity index (χ3v) is 4.89. The average Bonchev–Trinajstić information content (AvgIpc) is 2.49. The number of hydrogen-bond acceptors (Lipinski definition) is 6. The van der Waals surface area contributed by atoms with Gasteiger partial charge in [-0.15, -0.1) is 0 Å². The van der Waals surface area contributed by atoms with E-state index in [4.69, 9.17) is 14.2 Å². The second-order valence-electron chi connectivity index (χ2n) is 6.24. The Labute approximate surface area is 149 Å². The van der Waals surface area contributed by atoms with Crippen molar-refractivity contribution in [2.75, 3.05) is 11.9 Å². The monoisotopic (exact) mass is 397 g/mol. The van der Waals surface area contributed by atoms with Crippen molar-refractivity contribution in [3.63, 3.8) is 0 Å². The molecule has 0 aromatic heterocycles. The van der Waals surface area contributed by atoms with E-state index in [0.717, 1.165) is 21.3 Å². The lowest BCUT2D eigenvalue weighted by atomic mass is 9.86. The number of halogens is 1. The highest BCUT2D eigenvalue weighted by molar-refractivity contribution is 9.10. The first-order chi connectivity index (χ1) is 11.3. The van der Waals surface area contributed by atoms with Crippen LogP contribution in [0.4, 0.5) is 5.69 Å². The number of rotatable bonds is 3. The van der Waals surface area contributed by atoms with Crippen LogP contribution in [-0.2, 0) is 23.8 Å². The van der Waals surface area contributed by atoms with E-state index in [0.29, 0.717) is 6.42 Å². The van der Waals surface area contributed by atoms with Crippen LogP contribution < -0.4 is 5.32 Å². The zero-order chi connectivity index (χ0) is 17.4. The maximum atomic E-state index is 11.5. The molecule has 130 valence electrons. The summed E-state index contributed by atoms with van der Waals surface area (Å²) < 4.78 is 17.7. The highest BCUT2D eigenvalue weighted by Gasteiger charge is 2.45. The Balaban J connectivity index is 1.91. The number of ether oxygens (including phenoxy) is 3. The van der Waals surface area contributed by atoms with E-state index >= 15 is 0 Å². The average molecular weight is 398 g/mol. The molecule has 3 rings (SSSR count). The maximum Gasteiger partial charge on any atom is 0.303 e. The number of esters is 2. The SMILES string of the molecule is CC(=O)OC[C@H]1O[C@@H]2C[C@@H](Nc3c(Br)cc(C)cc32)[C@@H]1OC(C)=O. The molecule has 1 aromatic rings. The van der Waals surface area contributed by atoms with Gasteiger partial charge >= 0.3 is 11.9 Å². The van der Waals surface area contributed by atoms with E-state index in [9.17, 15) is 9.59 Å². The van der Waals surface area contributed by atoms with Gasteiger partial charge in [0.25, 0.3) is 0 Å². The number of carbonyl (C=O) groups is 2. The van der Waals surface area contributed by atoms with Crippen LogP contribution in [0.15, 0.2) is 16.6 Å². The van der Waals surface area contributed by atoms with Crippen molar-refractivity contribution in [3.8, 4) is 0 Å². The standard InChI is InChI=1S/C17H20BrNO5/c1-8-4-11-14-6-13(19-16(11)12(18)5-8)17(23-10(3)21)15(24-14)7-22-9(2)20/h4-5,13-15,17,19H,6-7H2,1-3H3/t13-,14-,15-,17+/m1/s1. The van der Waals surface area contributed by atoms with Gasteiger partial charge in [0.15, 0.2) is 6.10 Å². The number of hydrogen-bond donors (Lipinski definition) is 1. The molecule has 0 aliphatic carbocycles. The summed E-state index contributed by atoms with van der Waals surface area (Å²) in [6.45, 7) is 4.80. The minimum atomic E-state index is -0.514. The van der Waals surface area contributed by atoms with Gasteiger partial charge in [0.1, 0.15) is 12.7 Å². The van der Waals surface area contributed by atoms with Gasteiger partial charge in [-0.05, 0) is 34.5 Å². The fraction of sp³-hybridized carbons (Fsp3) is 0.529. The Hall–Kier alpha value is -1.60. The fourth-order valence-corrected chi connectivity index (χ4v) is 4.06.